The van der Waals surface area contributed by atoms with E-state index in [9.17, 15) is 4.79 Å². The Hall–Kier alpha value is -2.95. The molecule has 4 aromatic rings. The van der Waals surface area contributed by atoms with E-state index in [1.807, 2.05) is 61.5 Å². The zero-order chi connectivity index (χ0) is 21.1. The van der Waals surface area contributed by atoms with E-state index in [4.69, 9.17) is 16.6 Å². The molecule has 0 spiro atoms. The highest BCUT2D eigenvalue weighted by atomic mass is 35.5. The number of hydrogen-bond acceptors (Lipinski definition) is 3. The van der Waals surface area contributed by atoms with Crippen LogP contribution in [0, 0.1) is 13.8 Å². The van der Waals surface area contributed by atoms with Crippen LogP contribution in [-0.4, -0.2) is 10.9 Å². The zero-order valence-corrected chi connectivity index (χ0v) is 18.4. The number of fused-ring (bicyclic) bond motifs is 1. The van der Waals surface area contributed by atoms with Gasteiger partial charge in [-0.3, -0.25) is 9.69 Å². The molecule has 1 heterocycles. The fourth-order valence-electron chi connectivity index (χ4n) is 3.23. The lowest BCUT2D eigenvalue weighted by atomic mass is 10.1. The van der Waals surface area contributed by atoms with Gasteiger partial charge >= 0.3 is 0 Å². The van der Waals surface area contributed by atoms with E-state index >= 15 is 0 Å². The maximum Gasteiger partial charge on any atom is 0.253 e. The van der Waals surface area contributed by atoms with Crippen molar-refractivity contribution in [2.75, 3.05) is 4.90 Å². The lowest BCUT2D eigenvalue weighted by Gasteiger charge is -2.18. The molecule has 5 heteroatoms. The maximum absolute atomic E-state index is 13.2. The number of halogens is 1. The summed E-state index contributed by atoms with van der Waals surface area (Å²) in [6.07, 6.45) is 3.32. The molecule has 0 unspecified atom stereocenters. The van der Waals surface area contributed by atoms with E-state index in [2.05, 4.69) is 19.1 Å². The Morgan fingerprint density at radius 2 is 1.70 bits per heavy atom. The summed E-state index contributed by atoms with van der Waals surface area (Å²) in [5.41, 5.74) is 5.08. The molecular weight excluding hydrogens is 412 g/mol. The number of nitrogens with zero attached hydrogens (tertiary/aromatic N) is 2. The zero-order valence-electron chi connectivity index (χ0n) is 16.8. The van der Waals surface area contributed by atoms with E-state index in [0.29, 0.717) is 16.7 Å². The molecule has 150 valence electrons. The van der Waals surface area contributed by atoms with Crippen LogP contribution < -0.4 is 4.90 Å². The van der Waals surface area contributed by atoms with E-state index in [-0.39, 0.29) is 5.91 Å². The second kappa shape index (κ2) is 8.82. The topological polar surface area (TPSA) is 33.2 Å². The number of carbonyl (C=O) groups excluding carboxylic acids is 1. The van der Waals surface area contributed by atoms with Gasteiger partial charge in [0.2, 0.25) is 0 Å². The number of carbonyl (C=O) groups is 1. The summed E-state index contributed by atoms with van der Waals surface area (Å²) >= 11 is 7.79. The number of anilines is 1. The van der Waals surface area contributed by atoms with Crippen molar-refractivity contribution >= 4 is 50.3 Å². The quantitative estimate of drug-likeness (QED) is 0.324. The first-order valence-electron chi connectivity index (χ1n) is 9.67. The molecule has 1 aromatic heterocycles. The molecule has 0 aliphatic carbocycles. The number of aromatic nitrogens is 1. The molecule has 0 radical (unpaired) electrons. The number of thiazole rings is 1. The predicted octanol–water partition coefficient (Wildman–Crippen LogP) is 6.81. The summed E-state index contributed by atoms with van der Waals surface area (Å²) in [7, 11) is 0. The molecule has 0 bridgehead atoms. The Kier molecular flexibility index (Phi) is 5.98. The first kappa shape index (κ1) is 20.3. The molecule has 0 saturated heterocycles. The van der Waals surface area contributed by atoms with Gasteiger partial charge in [-0.15, -0.1) is 0 Å². The molecule has 0 atom stereocenters. The molecule has 0 fully saturated rings. The Balaban J connectivity index is 1.73. The molecule has 3 nitrogen and oxygen atoms in total. The number of hydrogen-bond donors (Lipinski definition) is 0. The van der Waals surface area contributed by atoms with Crippen molar-refractivity contribution < 1.29 is 4.79 Å². The molecule has 0 N–H and O–H groups in total. The highest BCUT2D eigenvalue weighted by Crippen LogP contribution is 2.34. The number of amides is 1. The van der Waals surface area contributed by atoms with E-state index in [1.165, 1.54) is 0 Å². The van der Waals surface area contributed by atoms with Crippen LogP contribution in [0.4, 0.5) is 5.13 Å². The van der Waals surface area contributed by atoms with Gasteiger partial charge in [-0.25, -0.2) is 4.98 Å². The summed E-state index contributed by atoms with van der Waals surface area (Å²) in [6.45, 7) is 4.57. The second-order valence-electron chi connectivity index (χ2n) is 7.14. The van der Waals surface area contributed by atoms with Crippen LogP contribution in [0.5, 0.6) is 0 Å². The van der Waals surface area contributed by atoms with Crippen LogP contribution in [-0.2, 0) is 11.3 Å². The van der Waals surface area contributed by atoms with Crippen LogP contribution in [0.15, 0.2) is 72.8 Å². The third-order valence-electron chi connectivity index (χ3n) is 4.92. The first-order valence-corrected chi connectivity index (χ1v) is 10.9. The van der Waals surface area contributed by atoms with Gasteiger partial charge < -0.3 is 0 Å². The van der Waals surface area contributed by atoms with Gasteiger partial charge in [-0.2, -0.15) is 0 Å². The van der Waals surface area contributed by atoms with Gasteiger partial charge in [0.05, 0.1) is 16.8 Å². The van der Waals surface area contributed by atoms with Crippen molar-refractivity contribution in [2.45, 2.75) is 20.4 Å². The van der Waals surface area contributed by atoms with Crippen molar-refractivity contribution in [3.05, 3.63) is 100 Å². The standard InChI is InChI=1S/C25H21ClN2OS/c1-17-12-13-18(2)24-23(17)27-25(30-24)28(16-19-8-4-3-5-9-19)22(29)15-14-20-10-6-7-11-21(20)26/h3-15H,16H2,1-2H3/b15-14+. The molecule has 0 aliphatic heterocycles. The Morgan fingerprint density at radius 1 is 1.00 bits per heavy atom. The molecular formula is C25H21ClN2OS. The first-order chi connectivity index (χ1) is 14.5. The monoisotopic (exact) mass is 432 g/mol. The summed E-state index contributed by atoms with van der Waals surface area (Å²) in [6, 6.07) is 21.6. The fraction of sp³-hybridized carbons (Fsp3) is 0.120. The van der Waals surface area contributed by atoms with Gasteiger partial charge in [-0.05, 0) is 48.2 Å². The van der Waals surface area contributed by atoms with Gasteiger partial charge in [0.1, 0.15) is 0 Å². The van der Waals surface area contributed by atoms with Crippen molar-refractivity contribution in [3.63, 3.8) is 0 Å². The summed E-state index contributed by atoms with van der Waals surface area (Å²) < 4.78 is 1.12. The minimum atomic E-state index is -0.131. The number of benzene rings is 3. The summed E-state index contributed by atoms with van der Waals surface area (Å²) in [5.74, 6) is -0.131. The van der Waals surface area contributed by atoms with Crippen LogP contribution in [0.1, 0.15) is 22.3 Å². The third-order valence-corrected chi connectivity index (χ3v) is 6.48. The Morgan fingerprint density at radius 3 is 2.43 bits per heavy atom. The highest BCUT2D eigenvalue weighted by molar-refractivity contribution is 7.22. The highest BCUT2D eigenvalue weighted by Gasteiger charge is 2.20. The van der Waals surface area contributed by atoms with Crippen LogP contribution >= 0.6 is 22.9 Å². The molecule has 0 aliphatic rings. The molecule has 0 saturated carbocycles. The lowest BCUT2D eigenvalue weighted by molar-refractivity contribution is -0.114. The van der Waals surface area contributed by atoms with Crippen molar-refractivity contribution in [2.24, 2.45) is 0 Å². The second-order valence-corrected chi connectivity index (χ2v) is 8.52. The van der Waals surface area contributed by atoms with E-state index < -0.39 is 0 Å². The molecule has 3 aromatic carbocycles. The normalized spacial score (nSPS) is 11.3. The van der Waals surface area contributed by atoms with Crippen molar-refractivity contribution in [3.8, 4) is 0 Å². The van der Waals surface area contributed by atoms with E-state index in [1.54, 1.807) is 28.4 Å². The maximum atomic E-state index is 13.2. The van der Waals surface area contributed by atoms with Crippen molar-refractivity contribution in [1.82, 2.24) is 4.98 Å². The van der Waals surface area contributed by atoms with Crippen molar-refractivity contribution in [1.29, 1.82) is 0 Å². The third kappa shape index (κ3) is 4.30. The van der Waals surface area contributed by atoms with Gasteiger partial charge in [0, 0.05) is 11.1 Å². The average molecular weight is 433 g/mol. The summed E-state index contributed by atoms with van der Waals surface area (Å²) in [4.78, 5) is 19.8. The largest absolute Gasteiger partial charge is 0.280 e. The smallest absolute Gasteiger partial charge is 0.253 e. The minimum absolute atomic E-state index is 0.131. The van der Waals surface area contributed by atoms with Gasteiger partial charge in [0.25, 0.3) is 5.91 Å². The molecule has 30 heavy (non-hydrogen) atoms. The molecule has 1 amide bonds. The number of aryl methyl sites for hydroxylation is 2. The SMILES string of the molecule is Cc1ccc(C)c2sc(N(Cc3ccccc3)C(=O)/C=C/c3ccccc3Cl)nc12. The predicted molar refractivity (Wildman–Crippen MR) is 127 cm³/mol. The van der Waals surface area contributed by atoms with Gasteiger partial charge in [-0.1, -0.05) is 83.6 Å². The van der Waals surface area contributed by atoms with Crippen LogP contribution in [0.3, 0.4) is 0 Å². The van der Waals surface area contributed by atoms with Crippen LogP contribution in [0.2, 0.25) is 5.02 Å². The molecule has 4 rings (SSSR count). The lowest BCUT2D eigenvalue weighted by Crippen LogP contribution is -2.28. The van der Waals surface area contributed by atoms with Gasteiger partial charge in [0.15, 0.2) is 5.13 Å². The number of rotatable bonds is 5. The van der Waals surface area contributed by atoms with Crippen LogP contribution in [0.25, 0.3) is 16.3 Å². The Labute approximate surface area is 185 Å². The minimum Gasteiger partial charge on any atom is -0.280 e. The fourth-order valence-corrected chi connectivity index (χ4v) is 4.55. The summed E-state index contributed by atoms with van der Waals surface area (Å²) in [5, 5.41) is 1.31. The Bertz CT molecular complexity index is 1190. The average Bonchev–Trinajstić information content (AvgIpc) is 3.21. The van der Waals surface area contributed by atoms with E-state index in [0.717, 1.165) is 32.5 Å².